The van der Waals surface area contributed by atoms with Crippen molar-refractivity contribution in [1.29, 1.82) is 0 Å². The van der Waals surface area contributed by atoms with E-state index in [1.165, 1.54) is 0 Å². The summed E-state index contributed by atoms with van der Waals surface area (Å²) >= 11 is 0. The maximum absolute atomic E-state index is 12.3. The van der Waals surface area contributed by atoms with Gasteiger partial charge in [-0.3, -0.25) is 4.79 Å². The average Bonchev–Trinajstić information content (AvgIpc) is 2.49. The van der Waals surface area contributed by atoms with E-state index in [2.05, 4.69) is 13.8 Å². The van der Waals surface area contributed by atoms with E-state index in [0.29, 0.717) is 5.92 Å². The highest BCUT2D eigenvalue weighted by atomic mass is 16.3. The van der Waals surface area contributed by atoms with Crippen molar-refractivity contribution in [2.75, 3.05) is 14.1 Å². The quantitative estimate of drug-likeness (QED) is 0.709. The van der Waals surface area contributed by atoms with Crippen LogP contribution in [0.4, 0.5) is 0 Å². The lowest BCUT2D eigenvalue weighted by Gasteiger charge is -2.40. The van der Waals surface area contributed by atoms with Crippen molar-refractivity contribution in [3.8, 4) is 0 Å². The van der Waals surface area contributed by atoms with Crippen LogP contribution < -0.4 is 0 Å². The lowest BCUT2D eigenvalue weighted by atomic mass is 9.67. The summed E-state index contributed by atoms with van der Waals surface area (Å²) in [7, 11) is 3.57. The third kappa shape index (κ3) is 1.07. The molecular formula is C12H21NO2. The summed E-state index contributed by atoms with van der Waals surface area (Å²) in [5.74, 6) is 0.622. The van der Waals surface area contributed by atoms with Crippen LogP contribution in [0.2, 0.25) is 0 Å². The summed E-state index contributed by atoms with van der Waals surface area (Å²) in [6.07, 6.45) is 2.29. The molecule has 2 saturated carbocycles. The van der Waals surface area contributed by atoms with Crippen LogP contribution in [0, 0.1) is 16.7 Å². The lowest BCUT2D eigenvalue weighted by molar-refractivity contribution is -0.151. The van der Waals surface area contributed by atoms with E-state index in [0.717, 1.165) is 19.3 Å². The summed E-state index contributed by atoms with van der Waals surface area (Å²) in [5.41, 5.74) is -0.561. The second-order valence-electron chi connectivity index (χ2n) is 5.88. The number of aliphatic hydroxyl groups is 1. The zero-order chi connectivity index (χ0) is 11.4. The summed E-state index contributed by atoms with van der Waals surface area (Å²) in [6.45, 7) is 4.28. The van der Waals surface area contributed by atoms with E-state index < -0.39 is 11.5 Å². The molecule has 2 aliphatic rings. The number of fused-ring (bicyclic) bond motifs is 2. The normalized spacial score (nSPS) is 41.9. The number of carbonyl (C=O) groups excluding carboxylic acids is 1. The molecule has 0 spiro atoms. The molecule has 0 aromatic rings. The van der Waals surface area contributed by atoms with Gasteiger partial charge < -0.3 is 10.0 Å². The third-order valence-corrected chi connectivity index (χ3v) is 4.92. The first-order valence-electron chi connectivity index (χ1n) is 5.74. The number of amides is 1. The minimum Gasteiger partial charge on any atom is -0.392 e. The Morgan fingerprint density at radius 2 is 2.00 bits per heavy atom. The topological polar surface area (TPSA) is 40.5 Å². The molecule has 0 aliphatic heterocycles. The van der Waals surface area contributed by atoms with Gasteiger partial charge in [0.15, 0.2) is 0 Å². The van der Waals surface area contributed by atoms with Crippen molar-refractivity contribution in [1.82, 2.24) is 4.90 Å². The SMILES string of the molecule is CN(C)C(=O)C12CCC(CC1O)C2(C)C. The summed E-state index contributed by atoms with van der Waals surface area (Å²) < 4.78 is 0. The molecule has 2 bridgehead atoms. The lowest BCUT2D eigenvalue weighted by Crippen LogP contribution is -2.50. The average molecular weight is 211 g/mol. The van der Waals surface area contributed by atoms with Gasteiger partial charge in [-0.1, -0.05) is 13.8 Å². The van der Waals surface area contributed by atoms with Crippen LogP contribution in [0.1, 0.15) is 33.1 Å². The van der Waals surface area contributed by atoms with Gasteiger partial charge in [0.25, 0.3) is 0 Å². The molecule has 15 heavy (non-hydrogen) atoms. The second-order valence-corrected chi connectivity index (χ2v) is 5.88. The van der Waals surface area contributed by atoms with E-state index in [4.69, 9.17) is 0 Å². The van der Waals surface area contributed by atoms with Gasteiger partial charge in [-0.05, 0) is 30.6 Å². The first-order valence-corrected chi connectivity index (χ1v) is 5.74. The van der Waals surface area contributed by atoms with Gasteiger partial charge in [-0.25, -0.2) is 0 Å². The van der Waals surface area contributed by atoms with Crippen LogP contribution >= 0.6 is 0 Å². The van der Waals surface area contributed by atoms with E-state index >= 15 is 0 Å². The zero-order valence-corrected chi connectivity index (χ0v) is 10.1. The molecule has 0 saturated heterocycles. The van der Waals surface area contributed by atoms with Gasteiger partial charge in [0.05, 0.1) is 11.5 Å². The molecule has 0 aromatic carbocycles. The molecule has 0 aromatic heterocycles. The molecule has 2 rings (SSSR count). The van der Waals surface area contributed by atoms with Crippen LogP contribution in [0.25, 0.3) is 0 Å². The minimum absolute atomic E-state index is 0.0478. The van der Waals surface area contributed by atoms with Crippen molar-refractivity contribution in [3.63, 3.8) is 0 Å². The predicted octanol–water partition coefficient (Wildman–Crippen LogP) is 1.26. The number of hydrogen-bond donors (Lipinski definition) is 1. The smallest absolute Gasteiger partial charge is 0.231 e. The Kier molecular flexibility index (Phi) is 2.16. The second kappa shape index (κ2) is 2.97. The fourth-order valence-corrected chi connectivity index (χ4v) is 3.85. The summed E-state index contributed by atoms with van der Waals surface area (Å²) in [5, 5.41) is 10.2. The maximum Gasteiger partial charge on any atom is 0.231 e. The van der Waals surface area contributed by atoms with Gasteiger partial charge in [-0.15, -0.1) is 0 Å². The fourth-order valence-electron chi connectivity index (χ4n) is 3.85. The summed E-state index contributed by atoms with van der Waals surface area (Å²) in [4.78, 5) is 14.0. The Labute approximate surface area is 91.5 Å². The molecular weight excluding hydrogens is 190 g/mol. The highest BCUT2D eigenvalue weighted by Crippen LogP contribution is 2.66. The van der Waals surface area contributed by atoms with E-state index in [1.807, 2.05) is 0 Å². The van der Waals surface area contributed by atoms with Crippen LogP contribution in [-0.2, 0) is 4.79 Å². The Balaban J connectivity index is 2.44. The molecule has 86 valence electrons. The van der Waals surface area contributed by atoms with Gasteiger partial charge in [0.2, 0.25) is 5.91 Å². The molecule has 0 radical (unpaired) electrons. The molecule has 1 N–H and O–H groups in total. The van der Waals surface area contributed by atoms with Crippen molar-refractivity contribution in [2.45, 2.75) is 39.2 Å². The highest BCUT2D eigenvalue weighted by molar-refractivity contribution is 5.85. The Hall–Kier alpha value is -0.570. The molecule has 3 unspecified atom stereocenters. The fraction of sp³-hybridized carbons (Fsp3) is 0.917. The third-order valence-electron chi connectivity index (χ3n) is 4.92. The molecule has 2 aliphatic carbocycles. The van der Waals surface area contributed by atoms with Crippen LogP contribution in [0.15, 0.2) is 0 Å². The number of aliphatic hydroxyl groups excluding tert-OH is 1. The number of rotatable bonds is 1. The van der Waals surface area contributed by atoms with Gasteiger partial charge in [0.1, 0.15) is 0 Å². The van der Waals surface area contributed by atoms with Gasteiger partial charge in [0, 0.05) is 14.1 Å². The largest absolute Gasteiger partial charge is 0.392 e. The van der Waals surface area contributed by atoms with E-state index in [9.17, 15) is 9.90 Å². The monoisotopic (exact) mass is 211 g/mol. The highest BCUT2D eigenvalue weighted by Gasteiger charge is 2.67. The van der Waals surface area contributed by atoms with Gasteiger partial charge in [-0.2, -0.15) is 0 Å². The van der Waals surface area contributed by atoms with Crippen molar-refractivity contribution in [2.24, 2.45) is 16.7 Å². The Morgan fingerprint density at radius 1 is 1.40 bits per heavy atom. The van der Waals surface area contributed by atoms with E-state index in [-0.39, 0.29) is 11.3 Å². The minimum atomic E-state index is -0.513. The number of carbonyl (C=O) groups is 1. The Bertz CT molecular complexity index is 298. The zero-order valence-electron chi connectivity index (χ0n) is 10.1. The van der Waals surface area contributed by atoms with Crippen molar-refractivity contribution >= 4 is 5.91 Å². The molecule has 0 heterocycles. The standard InChI is InChI=1S/C12H21NO2/c1-11(2)8-5-6-12(11,9(14)7-8)10(15)13(3)4/h8-9,14H,5-7H2,1-4H3. The molecule has 2 fully saturated rings. The van der Waals surface area contributed by atoms with E-state index in [1.54, 1.807) is 19.0 Å². The van der Waals surface area contributed by atoms with Crippen LogP contribution in [-0.4, -0.2) is 36.1 Å². The first-order chi connectivity index (χ1) is 6.84. The number of nitrogens with zero attached hydrogens (tertiary/aromatic N) is 1. The maximum atomic E-state index is 12.3. The molecule has 3 heteroatoms. The molecule has 1 amide bonds. The Morgan fingerprint density at radius 3 is 2.33 bits per heavy atom. The predicted molar refractivity (Wildman–Crippen MR) is 58.3 cm³/mol. The van der Waals surface area contributed by atoms with Crippen molar-refractivity contribution in [3.05, 3.63) is 0 Å². The van der Waals surface area contributed by atoms with Crippen LogP contribution in [0.3, 0.4) is 0 Å². The van der Waals surface area contributed by atoms with Crippen molar-refractivity contribution < 1.29 is 9.90 Å². The first kappa shape index (κ1) is 10.9. The number of hydrogen-bond acceptors (Lipinski definition) is 2. The summed E-state index contributed by atoms with van der Waals surface area (Å²) in [6, 6.07) is 0. The molecule has 3 nitrogen and oxygen atoms in total. The van der Waals surface area contributed by atoms with Crippen LogP contribution in [0.5, 0.6) is 0 Å². The van der Waals surface area contributed by atoms with Gasteiger partial charge >= 0.3 is 0 Å². The molecule has 3 atom stereocenters.